The van der Waals surface area contributed by atoms with Crippen molar-refractivity contribution in [3.05, 3.63) is 29.6 Å². The lowest BCUT2D eigenvalue weighted by Gasteiger charge is -2.06. The molecule has 1 aromatic rings. The van der Waals surface area contributed by atoms with Crippen LogP contribution in [0.5, 0.6) is 5.75 Å². The highest BCUT2D eigenvalue weighted by Gasteiger charge is 1.99. The van der Waals surface area contributed by atoms with E-state index in [2.05, 4.69) is 5.32 Å². The van der Waals surface area contributed by atoms with Gasteiger partial charge in [-0.05, 0) is 51.4 Å². The molecule has 0 saturated heterocycles. The molecule has 1 rings (SSSR count). The molecule has 1 N–H and O–H groups in total. The van der Waals surface area contributed by atoms with Crippen molar-refractivity contribution in [3.8, 4) is 5.75 Å². The molecule has 0 aliphatic carbocycles. The summed E-state index contributed by atoms with van der Waals surface area (Å²) in [4.78, 5) is 0. The van der Waals surface area contributed by atoms with Crippen LogP contribution in [0.1, 0.15) is 24.8 Å². The molecule has 90 valence electrons. The van der Waals surface area contributed by atoms with Gasteiger partial charge in [0, 0.05) is 6.07 Å². The van der Waals surface area contributed by atoms with Crippen molar-refractivity contribution in [2.75, 3.05) is 20.2 Å². The Kier molecular flexibility index (Phi) is 5.86. The molecule has 0 fully saturated rings. The Morgan fingerprint density at radius 3 is 2.75 bits per heavy atom. The average Bonchev–Trinajstić information content (AvgIpc) is 2.28. The molecule has 0 spiro atoms. The number of ether oxygens (including phenoxy) is 1. The van der Waals surface area contributed by atoms with E-state index < -0.39 is 0 Å². The quantitative estimate of drug-likeness (QED) is 0.720. The minimum Gasteiger partial charge on any atom is -0.493 e. The smallest absolute Gasteiger partial charge is 0.129 e. The Hall–Kier alpha value is -1.09. The van der Waals surface area contributed by atoms with Gasteiger partial charge in [-0.3, -0.25) is 0 Å². The van der Waals surface area contributed by atoms with Crippen molar-refractivity contribution in [1.29, 1.82) is 0 Å². The first kappa shape index (κ1) is 13.0. The molecule has 0 aliphatic heterocycles. The molecule has 0 heterocycles. The predicted molar refractivity (Wildman–Crippen MR) is 64.4 cm³/mol. The molecular weight excluding hydrogens is 205 g/mol. The second kappa shape index (κ2) is 7.23. The van der Waals surface area contributed by atoms with Gasteiger partial charge in [0.1, 0.15) is 11.6 Å². The molecule has 0 aromatic heterocycles. The average molecular weight is 225 g/mol. The number of unbranched alkanes of at least 4 members (excludes halogenated alkanes) is 2. The van der Waals surface area contributed by atoms with Crippen molar-refractivity contribution in [3.63, 3.8) is 0 Å². The Morgan fingerprint density at radius 2 is 2.06 bits per heavy atom. The molecule has 0 radical (unpaired) electrons. The fourth-order valence-electron chi connectivity index (χ4n) is 1.43. The number of rotatable bonds is 7. The molecule has 0 amide bonds. The first-order valence-corrected chi connectivity index (χ1v) is 5.77. The Labute approximate surface area is 96.8 Å². The summed E-state index contributed by atoms with van der Waals surface area (Å²) >= 11 is 0. The fraction of sp³-hybridized carbons (Fsp3) is 0.538. The van der Waals surface area contributed by atoms with Crippen molar-refractivity contribution < 1.29 is 9.13 Å². The van der Waals surface area contributed by atoms with Crippen LogP contribution in [0.15, 0.2) is 18.2 Å². The van der Waals surface area contributed by atoms with Crippen LogP contribution in [0.25, 0.3) is 0 Å². The summed E-state index contributed by atoms with van der Waals surface area (Å²) < 4.78 is 18.6. The monoisotopic (exact) mass is 225 g/mol. The summed E-state index contributed by atoms with van der Waals surface area (Å²) in [5.74, 6) is 0.421. The largest absolute Gasteiger partial charge is 0.493 e. The molecule has 2 nitrogen and oxygen atoms in total. The van der Waals surface area contributed by atoms with E-state index in [0.717, 1.165) is 25.8 Å². The maximum Gasteiger partial charge on any atom is 0.129 e. The lowest BCUT2D eigenvalue weighted by atomic mass is 10.2. The highest BCUT2D eigenvalue weighted by molar-refractivity contribution is 5.27. The van der Waals surface area contributed by atoms with Gasteiger partial charge in [0.2, 0.25) is 0 Å². The van der Waals surface area contributed by atoms with Gasteiger partial charge in [0.05, 0.1) is 6.61 Å². The van der Waals surface area contributed by atoms with Gasteiger partial charge >= 0.3 is 0 Å². The summed E-state index contributed by atoms with van der Waals surface area (Å²) in [6.45, 7) is 3.45. The maximum atomic E-state index is 13.2. The van der Waals surface area contributed by atoms with Crippen LogP contribution in [0.2, 0.25) is 0 Å². The zero-order valence-corrected chi connectivity index (χ0v) is 10.1. The second-order valence-corrected chi connectivity index (χ2v) is 3.92. The van der Waals surface area contributed by atoms with Crippen LogP contribution >= 0.6 is 0 Å². The summed E-state index contributed by atoms with van der Waals surface area (Å²) in [5.41, 5.74) is 0.654. The van der Waals surface area contributed by atoms with Gasteiger partial charge in [-0.25, -0.2) is 4.39 Å². The standard InChI is InChI=1S/C13H20FNO/c1-11-6-7-12(10-13(11)14)16-9-5-3-4-8-15-2/h6-7,10,15H,3-5,8-9H2,1-2H3. The van der Waals surface area contributed by atoms with Crippen LogP contribution in [-0.2, 0) is 0 Å². The molecule has 0 atom stereocenters. The fourth-order valence-corrected chi connectivity index (χ4v) is 1.43. The first-order chi connectivity index (χ1) is 7.74. The third-order valence-corrected chi connectivity index (χ3v) is 2.48. The Bertz CT molecular complexity index is 315. The van der Waals surface area contributed by atoms with Gasteiger partial charge in [0.25, 0.3) is 0 Å². The van der Waals surface area contributed by atoms with Crippen LogP contribution in [0.3, 0.4) is 0 Å². The van der Waals surface area contributed by atoms with E-state index in [1.807, 2.05) is 13.1 Å². The van der Waals surface area contributed by atoms with Gasteiger partial charge in [0.15, 0.2) is 0 Å². The number of benzene rings is 1. The minimum absolute atomic E-state index is 0.201. The number of hydrogen-bond acceptors (Lipinski definition) is 2. The van der Waals surface area contributed by atoms with E-state index in [0.29, 0.717) is 17.9 Å². The SMILES string of the molecule is CNCCCCCOc1ccc(C)c(F)c1. The molecule has 16 heavy (non-hydrogen) atoms. The van der Waals surface area contributed by atoms with E-state index in [4.69, 9.17) is 4.74 Å². The zero-order chi connectivity index (χ0) is 11.8. The number of nitrogens with one attached hydrogen (secondary N) is 1. The predicted octanol–water partition coefficient (Wildman–Crippen LogP) is 2.90. The highest BCUT2D eigenvalue weighted by atomic mass is 19.1. The van der Waals surface area contributed by atoms with Crippen molar-refractivity contribution in [1.82, 2.24) is 5.32 Å². The third kappa shape index (κ3) is 4.62. The van der Waals surface area contributed by atoms with E-state index >= 15 is 0 Å². The third-order valence-electron chi connectivity index (χ3n) is 2.48. The summed E-state index contributed by atoms with van der Waals surface area (Å²) in [7, 11) is 1.95. The molecule has 0 aliphatic rings. The molecule has 1 aromatic carbocycles. The van der Waals surface area contributed by atoms with Gasteiger partial charge in [-0.1, -0.05) is 6.07 Å². The normalized spacial score (nSPS) is 10.4. The maximum absolute atomic E-state index is 13.2. The second-order valence-electron chi connectivity index (χ2n) is 3.92. The van der Waals surface area contributed by atoms with E-state index in [1.54, 1.807) is 13.0 Å². The molecular formula is C13H20FNO. The van der Waals surface area contributed by atoms with E-state index in [9.17, 15) is 4.39 Å². The lowest BCUT2D eigenvalue weighted by Crippen LogP contribution is -2.07. The van der Waals surface area contributed by atoms with Gasteiger partial charge < -0.3 is 10.1 Å². The van der Waals surface area contributed by atoms with Crippen molar-refractivity contribution in [2.45, 2.75) is 26.2 Å². The first-order valence-electron chi connectivity index (χ1n) is 5.77. The lowest BCUT2D eigenvalue weighted by molar-refractivity contribution is 0.303. The van der Waals surface area contributed by atoms with Crippen LogP contribution in [0.4, 0.5) is 4.39 Å². The summed E-state index contributed by atoms with van der Waals surface area (Å²) in [6, 6.07) is 5.00. The summed E-state index contributed by atoms with van der Waals surface area (Å²) in [6.07, 6.45) is 3.30. The van der Waals surface area contributed by atoms with Crippen molar-refractivity contribution >= 4 is 0 Å². The molecule has 0 bridgehead atoms. The van der Waals surface area contributed by atoms with E-state index in [-0.39, 0.29) is 5.82 Å². The van der Waals surface area contributed by atoms with Crippen LogP contribution in [-0.4, -0.2) is 20.2 Å². The minimum atomic E-state index is -0.201. The van der Waals surface area contributed by atoms with Crippen LogP contribution < -0.4 is 10.1 Å². The number of hydrogen-bond donors (Lipinski definition) is 1. The molecule has 0 saturated carbocycles. The Balaban J connectivity index is 2.19. The van der Waals surface area contributed by atoms with Crippen molar-refractivity contribution in [2.24, 2.45) is 0 Å². The topological polar surface area (TPSA) is 21.3 Å². The summed E-state index contributed by atoms with van der Waals surface area (Å²) in [5, 5.41) is 3.10. The Morgan fingerprint density at radius 1 is 1.25 bits per heavy atom. The van der Waals surface area contributed by atoms with Gasteiger partial charge in [-0.2, -0.15) is 0 Å². The number of aryl methyl sites for hydroxylation is 1. The van der Waals surface area contributed by atoms with E-state index in [1.165, 1.54) is 6.07 Å². The highest BCUT2D eigenvalue weighted by Crippen LogP contribution is 2.16. The molecule has 0 unspecified atom stereocenters. The molecule has 3 heteroatoms. The van der Waals surface area contributed by atoms with Gasteiger partial charge in [-0.15, -0.1) is 0 Å². The number of halogens is 1. The van der Waals surface area contributed by atoms with Crippen LogP contribution in [0, 0.1) is 12.7 Å². The zero-order valence-electron chi connectivity index (χ0n) is 10.1.